The molecule has 1 amide bonds. The molecule has 2 saturated carbocycles. The average Bonchev–Trinajstić information content (AvgIpc) is 3.41. The topological polar surface area (TPSA) is 59.6 Å². The fourth-order valence-electron chi connectivity index (χ4n) is 8.11. The Morgan fingerprint density at radius 2 is 1.91 bits per heavy atom. The maximum absolute atomic E-state index is 14.2. The first-order valence-electron chi connectivity index (χ1n) is 14.0. The van der Waals surface area contributed by atoms with E-state index in [1.165, 1.54) is 0 Å². The number of carbonyl (C=O) groups excluding carboxylic acids is 1. The highest BCUT2D eigenvalue weighted by Gasteiger charge is 2.58. The second-order valence-corrected chi connectivity index (χ2v) is 12.3. The van der Waals surface area contributed by atoms with Gasteiger partial charge in [-0.2, -0.15) is 13.2 Å². The van der Waals surface area contributed by atoms with Crippen LogP contribution in [0.25, 0.3) is 0 Å². The molecule has 3 heterocycles. The van der Waals surface area contributed by atoms with Crippen LogP contribution in [0.15, 0.2) is 0 Å². The highest BCUT2D eigenvalue weighted by Crippen LogP contribution is 2.53. The van der Waals surface area contributed by atoms with Crippen molar-refractivity contribution in [2.45, 2.75) is 83.1 Å². The summed E-state index contributed by atoms with van der Waals surface area (Å²) in [5.74, 6) is -1.02. The van der Waals surface area contributed by atoms with E-state index in [4.69, 9.17) is 0 Å². The fraction of sp³-hybridized carbons (Fsp3) is 0.962. The molecule has 3 N–H and O–H groups in total. The predicted octanol–water partition coefficient (Wildman–Crippen LogP) is 3.56. The van der Waals surface area contributed by atoms with Gasteiger partial charge in [0, 0.05) is 18.5 Å². The van der Waals surface area contributed by atoms with Crippen LogP contribution in [0, 0.1) is 41.4 Å². The second-order valence-electron chi connectivity index (χ2n) is 12.3. The number of nitrogens with zero attached hydrogens (tertiary/aromatic N) is 2. The number of hydrogen-bond acceptors (Lipinski definition) is 5. The van der Waals surface area contributed by atoms with Crippen molar-refractivity contribution in [2.75, 3.05) is 33.4 Å². The molecule has 0 aromatic heterocycles. The maximum atomic E-state index is 14.2. The molecule has 7 unspecified atom stereocenters. The van der Waals surface area contributed by atoms with E-state index < -0.39 is 23.9 Å². The van der Waals surface area contributed by atoms with Crippen molar-refractivity contribution in [3.8, 4) is 0 Å². The van der Waals surface area contributed by atoms with Gasteiger partial charge >= 0.3 is 6.18 Å². The largest absolute Gasteiger partial charge is 0.392 e. The van der Waals surface area contributed by atoms with E-state index in [1.807, 2.05) is 4.90 Å². The van der Waals surface area contributed by atoms with Crippen LogP contribution >= 0.6 is 0 Å². The molecule has 9 heteroatoms. The van der Waals surface area contributed by atoms with Crippen LogP contribution in [0.5, 0.6) is 0 Å². The van der Waals surface area contributed by atoms with Crippen LogP contribution in [-0.4, -0.2) is 67.4 Å². The van der Waals surface area contributed by atoms with Gasteiger partial charge in [0.2, 0.25) is 5.91 Å². The molecule has 5 rings (SSSR count). The molecule has 5 aliphatic rings. The number of hydrazine groups is 1. The molecule has 9 atom stereocenters. The highest BCUT2D eigenvalue weighted by atomic mass is 19.4. The summed E-state index contributed by atoms with van der Waals surface area (Å²) in [5.41, 5.74) is 6.52. The molecule has 0 aromatic carbocycles. The van der Waals surface area contributed by atoms with Gasteiger partial charge in [0.25, 0.3) is 0 Å². The zero-order chi connectivity index (χ0) is 24.7. The zero-order valence-corrected chi connectivity index (χ0v) is 21.3. The summed E-state index contributed by atoms with van der Waals surface area (Å²) in [6.07, 6.45) is 4.06. The van der Waals surface area contributed by atoms with Gasteiger partial charge in [-0.1, -0.05) is 19.8 Å². The van der Waals surface area contributed by atoms with E-state index in [0.29, 0.717) is 31.0 Å². The third-order valence-electron chi connectivity index (χ3n) is 10.2. The molecule has 0 bridgehead atoms. The van der Waals surface area contributed by atoms with E-state index in [1.54, 1.807) is 0 Å². The summed E-state index contributed by atoms with van der Waals surface area (Å²) < 4.78 is 42.7. The minimum atomic E-state index is -4.22. The van der Waals surface area contributed by atoms with E-state index in [2.05, 4.69) is 35.0 Å². The number of rotatable bonds is 5. The van der Waals surface area contributed by atoms with Crippen molar-refractivity contribution in [3.05, 3.63) is 0 Å². The fourth-order valence-corrected chi connectivity index (χ4v) is 8.11. The molecule has 6 nitrogen and oxygen atoms in total. The Hall–Kier alpha value is -0.900. The van der Waals surface area contributed by atoms with E-state index in [9.17, 15) is 18.0 Å². The summed E-state index contributed by atoms with van der Waals surface area (Å²) in [5, 5.41) is 3.37. The molecule has 3 aliphatic heterocycles. The molecule has 0 spiro atoms. The van der Waals surface area contributed by atoms with Crippen molar-refractivity contribution in [2.24, 2.45) is 41.4 Å². The van der Waals surface area contributed by atoms with E-state index >= 15 is 0 Å². The molecule has 3 saturated heterocycles. The Bertz CT molecular complexity index is 745. The summed E-state index contributed by atoms with van der Waals surface area (Å²) >= 11 is 0. The number of amides is 1. The molecule has 5 fully saturated rings. The summed E-state index contributed by atoms with van der Waals surface area (Å²) in [6.45, 7) is 5.19. The van der Waals surface area contributed by atoms with Crippen LogP contribution < -0.4 is 16.2 Å². The van der Waals surface area contributed by atoms with Gasteiger partial charge < -0.3 is 10.2 Å². The van der Waals surface area contributed by atoms with Crippen molar-refractivity contribution >= 4 is 5.91 Å². The van der Waals surface area contributed by atoms with E-state index in [-0.39, 0.29) is 30.2 Å². The number of alkyl halides is 3. The first-order valence-corrected chi connectivity index (χ1v) is 14.0. The highest BCUT2D eigenvalue weighted by molar-refractivity contribution is 5.82. The van der Waals surface area contributed by atoms with Crippen LogP contribution in [-0.2, 0) is 4.79 Å². The maximum Gasteiger partial charge on any atom is 0.392 e. The van der Waals surface area contributed by atoms with Crippen LogP contribution in [0.2, 0.25) is 0 Å². The molecule has 0 radical (unpaired) electrons. The Kier molecular flexibility index (Phi) is 7.69. The molecule has 35 heavy (non-hydrogen) atoms. The molecular weight excluding hydrogens is 455 g/mol. The lowest BCUT2D eigenvalue weighted by Gasteiger charge is -2.42. The SMILES string of the molecule is C[C@H](CC1NNCN1C)C1CCCC(N2CC3C(CC([C@@H]4CCCNC4)CC3C(F)(F)F)C2=O)C1. The second kappa shape index (κ2) is 10.5. The van der Waals surface area contributed by atoms with Gasteiger partial charge in [-0.15, -0.1) is 0 Å². The average molecular weight is 500 g/mol. The first kappa shape index (κ1) is 25.7. The monoisotopic (exact) mass is 499 g/mol. The summed E-state index contributed by atoms with van der Waals surface area (Å²) in [6, 6.07) is 0.102. The van der Waals surface area contributed by atoms with Crippen LogP contribution in [0.1, 0.15) is 64.7 Å². The number of hydrogen-bond donors (Lipinski definition) is 3. The van der Waals surface area contributed by atoms with Crippen LogP contribution in [0.3, 0.4) is 0 Å². The lowest BCUT2D eigenvalue weighted by atomic mass is 9.64. The summed E-state index contributed by atoms with van der Waals surface area (Å²) in [4.78, 5) is 17.8. The van der Waals surface area contributed by atoms with Crippen molar-refractivity contribution in [3.63, 3.8) is 0 Å². The van der Waals surface area contributed by atoms with Gasteiger partial charge in [0.05, 0.1) is 18.8 Å². The van der Waals surface area contributed by atoms with Gasteiger partial charge in [-0.3, -0.25) is 9.69 Å². The third kappa shape index (κ3) is 5.39. The third-order valence-corrected chi connectivity index (χ3v) is 10.2. The smallest absolute Gasteiger partial charge is 0.339 e. The van der Waals surface area contributed by atoms with Gasteiger partial charge in [-0.25, -0.2) is 10.9 Å². The molecular formula is C26H44F3N5O. The Morgan fingerprint density at radius 1 is 1.09 bits per heavy atom. The minimum Gasteiger partial charge on any atom is -0.339 e. The van der Waals surface area contributed by atoms with Crippen molar-refractivity contribution in [1.29, 1.82) is 0 Å². The van der Waals surface area contributed by atoms with Crippen molar-refractivity contribution < 1.29 is 18.0 Å². The molecule has 0 aromatic rings. The quantitative estimate of drug-likeness (QED) is 0.540. The zero-order valence-electron chi connectivity index (χ0n) is 21.3. The number of likely N-dealkylation sites (tertiary alicyclic amines) is 1. The lowest BCUT2D eigenvalue weighted by molar-refractivity contribution is -0.205. The number of piperidine rings is 1. The lowest BCUT2D eigenvalue weighted by Crippen LogP contribution is -2.45. The standard InChI is InChI=1S/C26H44F3N5O/c1-16(9-24-32-31-15-33(24)2)17-5-3-7-20(10-17)34-14-22-21(25(34)35)11-19(12-23(22)26(27,28)29)18-6-4-8-30-13-18/h16-24,30-32H,3-15H2,1-2H3/t16-,17?,18-,19?,20?,21?,22?,23?,24?/m1/s1. The normalized spacial score (nSPS) is 42.3. The Balaban J connectivity index is 1.26. The predicted molar refractivity (Wildman–Crippen MR) is 129 cm³/mol. The minimum absolute atomic E-state index is 0.00297. The number of fused-ring (bicyclic) bond motifs is 1. The van der Waals surface area contributed by atoms with Gasteiger partial charge in [0.15, 0.2) is 0 Å². The first-order chi connectivity index (χ1) is 16.7. The number of nitrogens with one attached hydrogen (secondary N) is 3. The summed E-state index contributed by atoms with van der Waals surface area (Å²) in [7, 11) is 2.10. The van der Waals surface area contributed by atoms with Crippen LogP contribution in [0.4, 0.5) is 13.2 Å². The Morgan fingerprint density at radius 3 is 2.60 bits per heavy atom. The van der Waals surface area contributed by atoms with Crippen molar-refractivity contribution in [1.82, 2.24) is 26.0 Å². The number of halogens is 3. The molecule has 200 valence electrons. The number of carbonyl (C=O) groups is 1. The van der Waals surface area contributed by atoms with E-state index in [0.717, 1.165) is 64.7 Å². The van der Waals surface area contributed by atoms with Gasteiger partial charge in [0.1, 0.15) is 0 Å². The Labute approximate surface area is 208 Å². The van der Waals surface area contributed by atoms with Gasteiger partial charge in [-0.05, 0) is 94.7 Å². The molecule has 2 aliphatic carbocycles.